The largest absolute Gasteiger partial charge is 0.437 e. The number of benzene rings is 2. The molecule has 1 amide bonds. The molecule has 29 heavy (non-hydrogen) atoms. The highest BCUT2D eigenvalue weighted by Crippen LogP contribution is 2.27. The number of carbonyl (C=O) groups is 1. The van der Waals surface area contributed by atoms with Crippen LogP contribution in [0.25, 0.3) is 11.5 Å². The summed E-state index contributed by atoms with van der Waals surface area (Å²) < 4.78 is 5.68. The predicted octanol–water partition coefficient (Wildman–Crippen LogP) is 3.72. The second-order valence-electron chi connectivity index (χ2n) is 6.17. The number of oxazole rings is 1. The lowest BCUT2D eigenvalue weighted by Gasteiger charge is -2.07. The van der Waals surface area contributed by atoms with Crippen LogP contribution >= 0.6 is 11.6 Å². The van der Waals surface area contributed by atoms with E-state index in [1.54, 1.807) is 19.1 Å². The van der Waals surface area contributed by atoms with Crippen molar-refractivity contribution in [3.63, 3.8) is 0 Å². The van der Waals surface area contributed by atoms with E-state index in [9.17, 15) is 9.90 Å². The summed E-state index contributed by atoms with van der Waals surface area (Å²) in [6.45, 7) is 1.71. The third-order valence-corrected chi connectivity index (χ3v) is 4.41. The Hall–Kier alpha value is -3.16. The zero-order valence-corrected chi connectivity index (χ0v) is 16.7. The summed E-state index contributed by atoms with van der Waals surface area (Å²) in [5.74, 6) is -0.314. The lowest BCUT2D eigenvalue weighted by atomic mass is 10.1. The Morgan fingerprint density at radius 1 is 1.24 bits per heavy atom. The summed E-state index contributed by atoms with van der Waals surface area (Å²) in [5, 5.41) is 17.4. The molecular weight excluding hydrogens is 394 g/mol. The molecule has 1 atom stereocenters. The van der Waals surface area contributed by atoms with Gasteiger partial charge in [-0.15, -0.1) is 0 Å². The third-order valence-electron chi connectivity index (χ3n) is 4.16. The molecule has 0 aliphatic carbocycles. The molecule has 0 radical (unpaired) electrons. The molecular formula is C21H20ClN3O4. The number of amides is 1. The van der Waals surface area contributed by atoms with Gasteiger partial charge >= 0.3 is 0 Å². The Morgan fingerprint density at radius 2 is 1.93 bits per heavy atom. The van der Waals surface area contributed by atoms with Crippen LogP contribution in [0, 0.1) is 0 Å². The predicted molar refractivity (Wildman–Crippen MR) is 109 cm³/mol. The van der Waals surface area contributed by atoms with Crippen molar-refractivity contribution in [2.75, 3.05) is 7.05 Å². The molecule has 0 fully saturated rings. The molecule has 2 aromatic carbocycles. The van der Waals surface area contributed by atoms with Crippen molar-refractivity contribution in [3.05, 3.63) is 76.6 Å². The van der Waals surface area contributed by atoms with E-state index in [2.05, 4.69) is 15.5 Å². The fourth-order valence-electron chi connectivity index (χ4n) is 2.57. The Balaban J connectivity index is 1.83. The molecule has 2 N–H and O–H groups in total. The SMILES string of the molecule is CNC(=O)C(O)c1oc(-c2ccccc2)nc1CON=C(C)c1ccc(Cl)cc1. The van der Waals surface area contributed by atoms with Gasteiger partial charge in [0, 0.05) is 17.6 Å². The van der Waals surface area contributed by atoms with E-state index in [1.165, 1.54) is 7.05 Å². The van der Waals surface area contributed by atoms with Crippen LogP contribution in [0.5, 0.6) is 0 Å². The van der Waals surface area contributed by atoms with Gasteiger partial charge in [-0.25, -0.2) is 4.98 Å². The summed E-state index contributed by atoms with van der Waals surface area (Å²) in [6.07, 6.45) is -1.51. The number of likely N-dealkylation sites (N-methyl/N-ethyl adjacent to an activating group) is 1. The van der Waals surface area contributed by atoms with Gasteiger partial charge in [-0.3, -0.25) is 4.79 Å². The number of aliphatic hydroxyl groups is 1. The van der Waals surface area contributed by atoms with E-state index in [0.29, 0.717) is 16.3 Å². The average molecular weight is 414 g/mol. The molecule has 0 aliphatic rings. The lowest BCUT2D eigenvalue weighted by Crippen LogP contribution is -2.25. The van der Waals surface area contributed by atoms with Gasteiger partial charge in [0.1, 0.15) is 5.69 Å². The molecule has 1 aromatic heterocycles. The maximum atomic E-state index is 11.9. The van der Waals surface area contributed by atoms with Gasteiger partial charge in [-0.2, -0.15) is 0 Å². The molecule has 0 saturated carbocycles. The van der Waals surface area contributed by atoms with E-state index < -0.39 is 12.0 Å². The van der Waals surface area contributed by atoms with E-state index in [-0.39, 0.29) is 24.0 Å². The first-order valence-corrected chi connectivity index (χ1v) is 9.24. The van der Waals surface area contributed by atoms with Crippen molar-refractivity contribution in [1.82, 2.24) is 10.3 Å². The van der Waals surface area contributed by atoms with Crippen LogP contribution in [0.4, 0.5) is 0 Å². The van der Waals surface area contributed by atoms with Gasteiger partial charge < -0.3 is 19.7 Å². The smallest absolute Gasteiger partial charge is 0.256 e. The molecule has 1 unspecified atom stereocenters. The molecule has 0 saturated heterocycles. The topological polar surface area (TPSA) is 97.0 Å². The first-order valence-electron chi connectivity index (χ1n) is 8.86. The van der Waals surface area contributed by atoms with E-state index in [0.717, 1.165) is 5.56 Å². The van der Waals surface area contributed by atoms with Crippen molar-refractivity contribution in [1.29, 1.82) is 0 Å². The summed E-state index contributed by atoms with van der Waals surface area (Å²) in [5.41, 5.74) is 2.49. The zero-order chi connectivity index (χ0) is 20.8. The molecule has 0 aliphatic heterocycles. The van der Waals surface area contributed by atoms with Gasteiger partial charge in [0.25, 0.3) is 5.91 Å². The molecule has 7 nitrogen and oxygen atoms in total. The number of nitrogens with zero attached hydrogens (tertiary/aromatic N) is 2. The van der Waals surface area contributed by atoms with E-state index >= 15 is 0 Å². The monoisotopic (exact) mass is 413 g/mol. The van der Waals surface area contributed by atoms with Crippen molar-refractivity contribution in [2.24, 2.45) is 5.16 Å². The number of halogens is 1. The van der Waals surface area contributed by atoms with Crippen LogP contribution in [0.2, 0.25) is 5.02 Å². The normalized spacial score (nSPS) is 12.5. The molecule has 0 spiro atoms. The van der Waals surface area contributed by atoms with Crippen LogP contribution in [0.15, 0.2) is 64.2 Å². The number of hydrogen-bond donors (Lipinski definition) is 2. The molecule has 150 valence electrons. The van der Waals surface area contributed by atoms with Crippen LogP contribution < -0.4 is 5.32 Å². The highest BCUT2D eigenvalue weighted by atomic mass is 35.5. The van der Waals surface area contributed by atoms with Crippen LogP contribution in [0.3, 0.4) is 0 Å². The average Bonchev–Trinajstić information content (AvgIpc) is 3.17. The molecule has 1 heterocycles. The number of aliphatic hydroxyl groups excluding tert-OH is 1. The quantitative estimate of drug-likeness (QED) is 0.454. The lowest BCUT2D eigenvalue weighted by molar-refractivity contribution is -0.129. The first-order chi connectivity index (χ1) is 14.0. The number of nitrogens with one attached hydrogen (secondary N) is 1. The zero-order valence-electron chi connectivity index (χ0n) is 15.9. The van der Waals surface area contributed by atoms with Crippen LogP contribution in [0.1, 0.15) is 30.0 Å². The molecule has 3 aromatic rings. The minimum Gasteiger partial charge on any atom is -0.437 e. The van der Waals surface area contributed by atoms with Crippen LogP contribution in [-0.2, 0) is 16.2 Å². The fraction of sp³-hybridized carbons (Fsp3) is 0.190. The molecule has 3 rings (SSSR count). The van der Waals surface area contributed by atoms with Gasteiger partial charge in [0.2, 0.25) is 5.89 Å². The van der Waals surface area contributed by atoms with Gasteiger partial charge in [0.05, 0.1) is 5.71 Å². The summed E-state index contributed by atoms with van der Waals surface area (Å²) in [6, 6.07) is 16.4. The van der Waals surface area contributed by atoms with Crippen molar-refractivity contribution in [3.8, 4) is 11.5 Å². The minimum absolute atomic E-state index is 0.0162. The van der Waals surface area contributed by atoms with E-state index in [4.69, 9.17) is 20.9 Å². The second kappa shape index (κ2) is 9.36. The minimum atomic E-state index is -1.51. The number of rotatable bonds is 7. The number of carbonyl (C=O) groups excluding carboxylic acids is 1. The Labute approximate surface area is 173 Å². The fourth-order valence-corrected chi connectivity index (χ4v) is 2.70. The number of oxime groups is 1. The second-order valence-corrected chi connectivity index (χ2v) is 6.61. The molecule has 0 bridgehead atoms. The highest BCUT2D eigenvalue weighted by molar-refractivity contribution is 6.30. The summed E-state index contributed by atoms with van der Waals surface area (Å²) in [4.78, 5) is 21.7. The maximum Gasteiger partial charge on any atom is 0.256 e. The third kappa shape index (κ3) is 5.01. The Kier molecular flexibility index (Phi) is 6.64. The van der Waals surface area contributed by atoms with Crippen molar-refractivity contribution < 1.29 is 19.2 Å². The Bertz CT molecular complexity index is 1000. The number of hydrogen-bond acceptors (Lipinski definition) is 6. The standard InChI is InChI=1S/C21H20ClN3O4/c1-13(14-8-10-16(22)11-9-14)25-28-12-17-19(18(26)20(27)23-2)29-21(24-17)15-6-4-3-5-7-15/h3-11,18,26H,12H2,1-2H3,(H,23,27). The van der Waals surface area contributed by atoms with Gasteiger partial charge in [-0.1, -0.05) is 47.1 Å². The van der Waals surface area contributed by atoms with Crippen LogP contribution in [-0.4, -0.2) is 28.8 Å². The Morgan fingerprint density at radius 3 is 2.59 bits per heavy atom. The van der Waals surface area contributed by atoms with Gasteiger partial charge in [0.15, 0.2) is 18.5 Å². The first kappa shape index (κ1) is 20.6. The highest BCUT2D eigenvalue weighted by Gasteiger charge is 2.26. The maximum absolute atomic E-state index is 11.9. The summed E-state index contributed by atoms with van der Waals surface area (Å²) in [7, 11) is 1.43. The molecule has 8 heteroatoms. The summed E-state index contributed by atoms with van der Waals surface area (Å²) >= 11 is 5.89. The van der Waals surface area contributed by atoms with E-state index in [1.807, 2.05) is 42.5 Å². The number of aromatic nitrogens is 1. The van der Waals surface area contributed by atoms with Gasteiger partial charge in [-0.05, 0) is 36.8 Å². The van der Waals surface area contributed by atoms with Crippen molar-refractivity contribution in [2.45, 2.75) is 19.6 Å². The van der Waals surface area contributed by atoms with Crippen molar-refractivity contribution >= 4 is 23.2 Å².